The number of carbonyl (C=O) groups is 1. The molecule has 1 fully saturated rings. The normalized spacial score (nSPS) is 21.8. The number of thiazole rings is 2. The number of halogens is 2. The zero-order valence-corrected chi connectivity index (χ0v) is 21.7. The lowest BCUT2D eigenvalue weighted by Crippen LogP contribution is -2.32. The second-order valence-electron chi connectivity index (χ2n) is 9.84. The molecular formula is C25H34F2N4OS2. The van der Waals surface area contributed by atoms with Crippen LogP contribution >= 0.6 is 22.7 Å². The number of fused-ring (bicyclic) bond motifs is 1. The Kier molecular flexibility index (Phi) is 8.58. The van der Waals surface area contributed by atoms with Gasteiger partial charge in [-0.05, 0) is 70.8 Å². The maximum atomic E-state index is 13.2. The van der Waals surface area contributed by atoms with Gasteiger partial charge < -0.3 is 0 Å². The van der Waals surface area contributed by atoms with Gasteiger partial charge >= 0.3 is 0 Å². The van der Waals surface area contributed by atoms with Crippen LogP contribution in [0, 0.1) is 18.8 Å². The Hall–Kier alpha value is -1.58. The van der Waals surface area contributed by atoms with Crippen LogP contribution in [0.3, 0.4) is 0 Å². The summed E-state index contributed by atoms with van der Waals surface area (Å²) >= 11 is 3.18. The molecule has 4 rings (SSSR count). The minimum Gasteiger partial charge on any atom is -0.297 e. The molecule has 0 aromatic carbocycles. The standard InChI is InChI=1S/C25H34F2N4OS2/c1-17-28-15-20(33-17)13-23(32)29-14-19-5-3-18(4-6-19)8-11-31-12-9-22-21(16-31)30-24(34-22)7-10-25(2,26)27/h14-15,18-19H,3-13,16H2,1-2H3. The Morgan fingerprint density at radius 3 is 2.79 bits per heavy atom. The fraction of sp³-hybridized carbons (Fsp3) is 0.680. The molecule has 2 aromatic heterocycles. The smallest absolute Gasteiger partial charge is 0.250 e. The summed E-state index contributed by atoms with van der Waals surface area (Å²) in [5.74, 6) is -1.58. The molecule has 1 aliphatic carbocycles. The van der Waals surface area contributed by atoms with E-state index in [0.717, 1.165) is 72.3 Å². The highest BCUT2D eigenvalue weighted by molar-refractivity contribution is 7.12. The molecule has 34 heavy (non-hydrogen) atoms. The van der Waals surface area contributed by atoms with Crippen LogP contribution in [-0.2, 0) is 30.6 Å². The van der Waals surface area contributed by atoms with Crippen LogP contribution in [-0.4, -0.2) is 46.0 Å². The summed E-state index contributed by atoms with van der Waals surface area (Å²) in [6.07, 6.45) is 11.0. The molecule has 1 amide bonds. The van der Waals surface area contributed by atoms with Crippen molar-refractivity contribution in [1.29, 1.82) is 0 Å². The number of aromatic nitrogens is 2. The zero-order valence-electron chi connectivity index (χ0n) is 20.1. The topological polar surface area (TPSA) is 58.5 Å². The number of hydrogen-bond donors (Lipinski definition) is 0. The highest BCUT2D eigenvalue weighted by Crippen LogP contribution is 2.32. The summed E-state index contributed by atoms with van der Waals surface area (Å²) in [6.45, 7) is 5.86. The Morgan fingerprint density at radius 2 is 2.09 bits per heavy atom. The molecule has 186 valence electrons. The molecule has 1 aliphatic heterocycles. The summed E-state index contributed by atoms with van der Waals surface area (Å²) < 4.78 is 26.3. The number of amides is 1. The van der Waals surface area contributed by atoms with Crippen LogP contribution in [0.2, 0.25) is 0 Å². The van der Waals surface area contributed by atoms with Gasteiger partial charge in [-0.25, -0.2) is 23.7 Å². The fourth-order valence-corrected chi connectivity index (χ4v) is 6.64. The first-order valence-electron chi connectivity index (χ1n) is 12.3. The van der Waals surface area contributed by atoms with Crippen molar-refractivity contribution in [2.75, 3.05) is 13.1 Å². The number of alkyl halides is 2. The van der Waals surface area contributed by atoms with Gasteiger partial charge in [0, 0.05) is 48.1 Å². The molecule has 1 saturated carbocycles. The third-order valence-electron chi connectivity index (χ3n) is 6.80. The van der Waals surface area contributed by atoms with Crippen molar-refractivity contribution >= 4 is 34.8 Å². The first-order valence-corrected chi connectivity index (χ1v) is 13.9. The van der Waals surface area contributed by atoms with Crippen LogP contribution < -0.4 is 0 Å². The van der Waals surface area contributed by atoms with Gasteiger partial charge in [-0.3, -0.25) is 9.69 Å². The molecule has 3 heterocycles. The minimum atomic E-state index is -2.63. The molecule has 9 heteroatoms. The van der Waals surface area contributed by atoms with Crippen molar-refractivity contribution in [2.45, 2.75) is 84.1 Å². The number of hydrogen-bond acceptors (Lipinski definition) is 6. The third kappa shape index (κ3) is 7.71. The van der Waals surface area contributed by atoms with Crippen molar-refractivity contribution in [3.63, 3.8) is 0 Å². The van der Waals surface area contributed by atoms with Crippen molar-refractivity contribution in [3.05, 3.63) is 31.7 Å². The summed E-state index contributed by atoms with van der Waals surface area (Å²) in [7, 11) is 0. The predicted octanol–water partition coefficient (Wildman–Crippen LogP) is 5.89. The first kappa shape index (κ1) is 25.5. The monoisotopic (exact) mass is 508 g/mol. The summed E-state index contributed by atoms with van der Waals surface area (Å²) in [6, 6.07) is 0. The van der Waals surface area contributed by atoms with Crippen molar-refractivity contribution in [1.82, 2.24) is 14.9 Å². The number of carbonyl (C=O) groups excluding carboxylic acids is 1. The van der Waals surface area contributed by atoms with E-state index in [1.807, 2.05) is 13.1 Å². The van der Waals surface area contributed by atoms with Crippen molar-refractivity contribution in [2.24, 2.45) is 16.8 Å². The molecule has 0 atom stereocenters. The molecule has 0 saturated heterocycles. The lowest BCUT2D eigenvalue weighted by Gasteiger charge is -2.30. The maximum Gasteiger partial charge on any atom is 0.250 e. The van der Waals surface area contributed by atoms with Gasteiger partial charge in [0.2, 0.25) is 5.92 Å². The van der Waals surface area contributed by atoms with Gasteiger partial charge in [0.25, 0.3) is 5.91 Å². The average molecular weight is 509 g/mol. The van der Waals surface area contributed by atoms with Gasteiger partial charge in [0.05, 0.1) is 22.1 Å². The first-order chi connectivity index (χ1) is 16.2. The molecule has 0 radical (unpaired) electrons. The minimum absolute atomic E-state index is 0.0798. The van der Waals surface area contributed by atoms with Crippen LogP contribution in [0.25, 0.3) is 0 Å². The molecule has 2 aromatic rings. The highest BCUT2D eigenvalue weighted by Gasteiger charge is 2.26. The van der Waals surface area contributed by atoms with Crippen LogP contribution in [0.15, 0.2) is 11.2 Å². The second kappa shape index (κ2) is 11.4. The Balaban J connectivity index is 1.15. The summed E-state index contributed by atoms with van der Waals surface area (Å²) in [5.41, 5.74) is 1.10. The maximum absolute atomic E-state index is 13.2. The van der Waals surface area contributed by atoms with Gasteiger partial charge in [0.1, 0.15) is 0 Å². The largest absolute Gasteiger partial charge is 0.297 e. The lowest BCUT2D eigenvalue weighted by atomic mass is 9.81. The van der Waals surface area contributed by atoms with Crippen LogP contribution in [0.4, 0.5) is 8.78 Å². The van der Waals surface area contributed by atoms with E-state index in [0.29, 0.717) is 18.8 Å². The van der Waals surface area contributed by atoms with Crippen molar-refractivity contribution < 1.29 is 13.6 Å². The third-order valence-corrected chi connectivity index (χ3v) is 8.93. The van der Waals surface area contributed by atoms with E-state index >= 15 is 0 Å². The molecule has 0 unspecified atom stereocenters. The Labute approximate surface area is 208 Å². The Bertz CT molecular complexity index is 989. The van der Waals surface area contributed by atoms with E-state index in [1.165, 1.54) is 24.1 Å². The molecular weight excluding hydrogens is 474 g/mol. The molecule has 0 bridgehead atoms. The van der Waals surface area contributed by atoms with E-state index in [2.05, 4.69) is 19.9 Å². The average Bonchev–Trinajstić information content (AvgIpc) is 3.40. The molecule has 2 aliphatic rings. The number of aliphatic imine (C=N–C) groups is 1. The molecule has 0 N–H and O–H groups in total. The second-order valence-corrected chi connectivity index (χ2v) is 12.3. The zero-order chi connectivity index (χ0) is 24.1. The quantitative estimate of drug-likeness (QED) is 0.396. The number of nitrogens with zero attached hydrogens (tertiary/aromatic N) is 4. The van der Waals surface area contributed by atoms with Gasteiger partial charge in [-0.2, -0.15) is 0 Å². The lowest BCUT2D eigenvalue weighted by molar-refractivity contribution is -0.117. The fourth-order valence-electron chi connectivity index (χ4n) is 4.79. The van der Waals surface area contributed by atoms with Crippen LogP contribution in [0.1, 0.15) is 70.9 Å². The van der Waals surface area contributed by atoms with E-state index in [4.69, 9.17) is 0 Å². The van der Waals surface area contributed by atoms with Crippen LogP contribution in [0.5, 0.6) is 0 Å². The number of rotatable bonds is 9. The van der Waals surface area contributed by atoms with Gasteiger partial charge in [-0.1, -0.05) is 0 Å². The van der Waals surface area contributed by atoms with E-state index in [-0.39, 0.29) is 12.3 Å². The summed E-state index contributed by atoms with van der Waals surface area (Å²) in [4.78, 5) is 29.9. The SMILES string of the molecule is Cc1ncc(CC(=O)N=CC2CCC(CCN3CCc4sc(CCC(C)(F)F)nc4C3)CC2)s1. The summed E-state index contributed by atoms with van der Waals surface area (Å²) in [5, 5.41) is 1.83. The van der Waals surface area contributed by atoms with Gasteiger partial charge in [0.15, 0.2) is 0 Å². The Morgan fingerprint density at radius 1 is 1.29 bits per heavy atom. The number of aryl methyl sites for hydroxylation is 2. The van der Waals surface area contributed by atoms with Crippen molar-refractivity contribution in [3.8, 4) is 0 Å². The molecule has 5 nitrogen and oxygen atoms in total. The highest BCUT2D eigenvalue weighted by atomic mass is 32.1. The van der Waals surface area contributed by atoms with E-state index in [9.17, 15) is 13.6 Å². The predicted molar refractivity (Wildman–Crippen MR) is 134 cm³/mol. The molecule has 0 spiro atoms. The van der Waals surface area contributed by atoms with E-state index in [1.54, 1.807) is 28.9 Å². The van der Waals surface area contributed by atoms with E-state index < -0.39 is 5.92 Å². The van der Waals surface area contributed by atoms with Gasteiger partial charge in [-0.15, -0.1) is 22.7 Å².